The Balaban J connectivity index is 3.19. The van der Waals surface area contributed by atoms with Crippen molar-refractivity contribution in [3.63, 3.8) is 0 Å². The maximum atomic E-state index is 12.7. The van der Waals surface area contributed by atoms with Crippen LogP contribution in [0.4, 0.5) is 18.9 Å². The first kappa shape index (κ1) is 16.7. The molecule has 0 amide bonds. The third-order valence-corrected chi connectivity index (χ3v) is 2.86. The van der Waals surface area contributed by atoms with Crippen LogP contribution in [0.2, 0.25) is 0 Å². The van der Waals surface area contributed by atoms with Crippen molar-refractivity contribution in [3.05, 3.63) is 17.7 Å². The zero-order valence-electron chi connectivity index (χ0n) is 12.2. The molecule has 0 aromatic carbocycles. The predicted molar refractivity (Wildman–Crippen MR) is 72.5 cm³/mol. The highest BCUT2D eigenvalue weighted by atomic mass is 19.4. The minimum atomic E-state index is -4.28. The summed E-state index contributed by atoms with van der Waals surface area (Å²) in [6.45, 7) is 6.28. The fourth-order valence-electron chi connectivity index (χ4n) is 1.83. The summed E-state index contributed by atoms with van der Waals surface area (Å²) in [5, 5.41) is 0. The summed E-state index contributed by atoms with van der Waals surface area (Å²) in [5.41, 5.74) is 6.42. The zero-order valence-corrected chi connectivity index (χ0v) is 12.2. The molecule has 0 radical (unpaired) electrons. The van der Waals surface area contributed by atoms with Gasteiger partial charge >= 0.3 is 6.18 Å². The van der Waals surface area contributed by atoms with E-state index in [4.69, 9.17) is 5.73 Å². The van der Waals surface area contributed by atoms with E-state index in [1.165, 1.54) is 11.1 Å². The molecule has 7 heteroatoms. The fraction of sp³-hybridized carbons (Fsp3) is 0.692. The molecule has 2 N–H and O–H groups in total. The molecule has 0 aliphatic rings. The highest BCUT2D eigenvalue weighted by Gasteiger charge is 2.33. The van der Waals surface area contributed by atoms with Gasteiger partial charge < -0.3 is 10.6 Å². The average Bonchev–Trinajstić information content (AvgIpc) is 2.33. The Morgan fingerprint density at radius 3 is 2.25 bits per heavy atom. The molecular formula is C13H21F3N4. The quantitative estimate of drug-likeness (QED) is 0.906. The number of rotatable bonds is 5. The highest BCUT2D eigenvalue weighted by molar-refractivity contribution is 5.50. The van der Waals surface area contributed by atoms with Crippen LogP contribution in [0.15, 0.2) is 6.20 Å². The van der Waals surface area contributed by atoms with E-state index in [0.717, 1.165) is 0 Å². The Hall–Kier alpha value is -1.37. The second kappa shape index (κ2) is 6.39. The smallest absolute Gasteiger partial charge is 0.357 e. The van der Waals surface area contributed by atoms with Crippen molar-refractivity contribution < 1.29 is 13.2 Å². The molecule has 1 aromatic heterocycles. The zero-order chi connectivity index (χ0) is 15.5. The summed E-state index contributed by atoms with van der Waals surface area (Å²) in [4.78, 5) is 9.65. The first-order valence-electron chi connectivity index (χ1n) is 6.55. The summed E-state index contributed by atoms with van der Waals surface area (Å²) in [5.74, 6) is 0.689. The van der Waals surface area contributed by atoms with Crippen LogP contribution in [0.25, 0.3) is 0 Å². The van der Waals surface area contributed by atoms with Crippen LogP contribution in [-0.2, 0) is 6.54 Å². The molecule has 0 bridgehead atoms. The van der Waals surface area contributed by atoms with Crippen molar-refractivity contribution in [3.8, 4) is 0 Å². The van der Waals surface area contributed by atoms with Gasteiger partial charge in [0, 0.05) is 18.5 Å². The van der Waals surface area contributed by atoms with Crippen molar-refractivity contribution in [2.75, 3.05) is 11.4 Å². The van der Waals surface area contributed by atoms with Crippen molar-refractivity contribution in [1.29, 1.82) is 0 Å². The molecule has 0 aliphatic carbocycles. The molecule has 4 nitrogen and oxygen atoms in total. The number of nitrogens with two attached hydrogens (primary N) is 1. The third kappa shape index (κ3) is 4.33. The van der Waals surface area contributed by atoms with Crippen LogP contribution in [0, 0.1) is 0 Å². The summed E-state index contributed by atoms with van der Waals surface area (Å²) >= 11 is 0. The molecule has 1 rings (SSSR count). The number of alkyl halides is 3. The number of nitrogens with zero attached hydrogens (tertiary/aromatic N) is 3. The summed E-state index contributed by atoms with van der Waals surface area (Å²) in [6.07, 6.45) is -2.84. The lowest BCUT2D eigenvalue weighted by Gasteiger charge is -2.31. The standard InChI is InChI=1S/C13H21F3N4/c1-8(2)12-18-6-11(10(5-17)19-12)20(9(3)4)7-13(14,15)16/h6,8-9H,5,7,17H2,1-4H3. The van der Waals surface area contributed by atoms with E-state index in [9.17, 15) is 13.2 Å². The summed E-state index contributed by atoms with van der Waals surface area (Å²) in [6, 6.07) is -0.324. The molecule has 0 spiro atoms. The minimum absolute atomic E-state index is 0.0820. The van der Waals surface area contributed by atoms with E-state index in [-0.39, 0.29) is 18.5 Å². The van der Waals surface area contributed by atoms with Crippen molar-refractivity contribution in [1.82, 2.24) is 9.97 Å². The van der Waals surface area contributed by atoms with Crippen LogP contribution >= 0.6 is 0 Å². The number of aromatic nitrogens is 2. The molecule has 114 valence electrons. The van der Waals surface area contributed by atoms with Gasteiger partial charge in [-0.3, -0.25) is 0 Å². The molecule has 0 fully saturated rings. The lowest BCUT2D eigenvalue weighted by atomic mass is 10.2. The molecule has 0 saturated carbocycles. The van der Waals surface area contributed by atoms with E-state index in [1.807, 2.05) is 13.8 Å². The van der Waals surface area contributed by atoms with Crippen LogP contribution in [0.5, 0.6) is 0 Å². The average molecular weight is 290 g/mol. The van der Waals surface area contributed by atoms with Gasteiger partial charge in [0.1, 0.15) is 12.4 Å². The SMILES string of the molecule is CC(C)c1ncc(N(CC(F)(F)F)C(C)C)c(CN)n1. The Morgan fingerprint density at radius 2 is 1.85 bits per heavy atom. The van der Waals surface area contributed by atoms with Gasteiger partial charge in [-0.15, -0.1) is 0 Å². The number of hydrogen-bond acceptors (Lipinski definition) is 4. The van der Waals surface area contributed by atoms with E-state index in [1.54, 1.807) is 13.8 Å². The monoisotopic (exact) mass is 290 g/mol. The topological polar surface area (TPSA) is 55.0 Å². The molecular weight excluding hydrogens is 269 g/mol. The first-order valence-corrected chi connectivity index (χ1v) is 6.55. The maximum Gasteiger partial charge on any atom is 0.405 e. The van der Waals surface area contributed by atoms with Gasteiger partial charge in [-0.2, -0.15) is 13.2 Å². The Morgan fingerprint density at radius 1 is 1.25 bits per heavy atom. The van der Waals surface area contributed by atoms with Crippen LogP contribution < -0.4 is 10.6 Å². The first-order chi connectivity index (χ1) is 9.15. The Kier molecular flexibility index (Phi) is 5.33. The lowest BCUT2D eigenvalue weighted by molar-refractivity contribution is -0.120. The van der Waals surface area contributed by atoms with E-state index < -0.39 is 12.7 Å². The minimum Gasteiger partial charge on any atom is -0.357 e. The largest absolute Gasteiger partial charge is 0.405 e. The molecule has 0 aliphatic heterocycles. The lowest BCUT2D eigenvalue weighted by Crippen LogP contribution is -2.40. The summed E-state index contributed by atoms with van der Waals surface area (Å²) < 4.78 is 38.0. The maximum absolute atomic E-state index is 12.7. The van der Waals surface area contributed by atoms with E-state index in [0.29, 0.717) is 17.2 Å². The van der Waals surface area contributed by atoms with E-state index >= 15 is 0 Å². The second-order valence-corrected chi connectivity index (χ2v) is 5.26. The fourth-order valence-corrected chi connectivity index (χ4v) is 1.83. The summed E-state index contributed by atoms with van der Waals surface area (Å²) in [7, 11) is 0. The second-order valence-electron chi connectivity index (χ2n) is 5.26. The normalized spacial score (nSPS) is 12.3. The van der Waals surface area contributed by atoms with Gasteiger partial charge in [0.25, 0.3) is 0 Å². The van der Waals surface area contributed by atoms with Gasteiger partial charge in [-0.1, -0.05) is 13.8 Å². The number of anilines is 1. The van der Waals surface area contributed by atoms with Crippen molar-refractivity contribution in [2.24, 2.45) is 5.73 Å². The molecule has 1 heterocycles. The van der Waals surface area contributed by atoms with Gasteiger partial charge in [0.15, 0.2) is 0 Å². The number of halogens is 3. The van der Waals surface area contributed by atoms with Crippen molar-refractivity contribution >= 4 is 5.69 Å². The Bertz CT molecular complexity index is 444. The molecule has 20 heavy (non-hydrogen) atoms. The van der Waals surface area contributed by atoms with Crippen LogP contribution in [0.3, 0.4) is 0 Å². The van der Waals surface area contributed by atoms with Gasteiger partial charge in [-0.25, -0.2) is 9.97 Å². The molecule has 0 saturated heterocycles. The Labute approximate surface area is 117 Å². The van der Waals surface area contributed by atoms with Gasteiger partial charge in [0.2, 0.25) is 0 Å². The number of hydrogen-bond donors (Lipinski definition) is 1. The van der Waals surface area contributed by atoms with Crippen LogP contribution in [0.1, 0.15) is 45.1 Å². The molecule has 0 unspecified atom stereocenters. The third-order valence-electron chi connectivity index (χ3n) is 2.86. The molecule has 1 aromatic rings. The van der Waals surface area contributed by atoms with Crippen LogP contribution in [-0.4, -0.2) is 28.7 Å². The molecule has 0 atom stereocenters. The highest BCUT2D eigenvalue weighted by Crippen LogP contribution is 2.26. The van der Waals surface area contributed by atoms with Gasteiger partial charge in [0.05, 0.1) is 17.6 Å². The van der Waals surface area contributed by atoms with E-state index in [2.05, 4.69) is 9.97 Å². The van der Waals surface area contributed by atoms with Gasteiger partial charge in [-0.05, 0) is 13.8 Å². The predicted octanol–water partition coefficient (Wildman–Crippen LogP) is 2.84. The van der Waals surface area contributed by atoms with Crippen molar-refractivity contribution in [2.45, 2.75) is 52.4 Å².